The number of para-hydroxylation sites is 1. The van der Waals surface area contributed by atoms with Crippen molar-refractivity contribution in [2.24, 2.45) is 4.99 Å². The van der Waals surface area contributed by atoms with E-state index in [1.54, 1.807) is 11.5 Å². The Hall–Kier alpha value is -4.57. The van der Waals surface area contributed by atoms with Gasteiger partial charge >= 0.3 is 12.1 Å². The van der Waals surface area contributed by atoms with Crippen molar-refractivity contribution in [2.45, 2.75) is 44.8 Å². The number of amides is 4. The lowest BCUT2D eigenvalue weighted by atomic mass is 9.94. The van der Waals surface area contributed by atoms with E-state index in [1.165, 1.54) is 0 Å². The number of aryl methyl sites for hydroxylation is 1. The van der Waals surface area contributed by atoms with Gasteiger partial charge in [-0.1, -0.05) is 36.4 Å². The molecule has 10 heteroatoms. The van der Waals surface area contributed by atoms with E-state index in [2.05, 4.69) is 45.2 Å². The van der Waals surface area contributed by atoms with Gasteiger partial charge in [0.1, 0.15) is 5.69 Å². The number of hydrogen-bond donors (Lipinski definition) is 2. The van der Waals surface area contributed by atoms with Gasteiger partial charge in [0, 0.05) is 42.8 Å². The molecule has 2 aromatic heterocycles. The van der Waals surface area contributed by atoms with Gasteiger partial charge in [-0.05, 0) is 56.4 Å². The number of rotatable bonds is 3. The molecule has 202 valence electrons. The normalized spacial score (nSPS) is 20.3. The van der Waals surface area contributed by atoms with Crippen molar-refractivity contribution < 1.29 is 14.9 Å². The third-order valence-corrected chi connectivity index (χ3v) is 8.14. The number of aromatic nitrogens is 3. The summed E-state index contributed by atoms with van der Waals surface area (Å²) in [5.74, 6) is 1.41. The number of pyridine rings is 1. The van der Waals surface area contributed by atoms with Crippen LogP contribution in [0.3, 0.4) is 0 Å². The predicted octanol–water partition coefficient (Wildman–Crippen LogP) is 3.66. The van der Waals surface area contributed by atoms with Crippen LogP contribution in [0.5, 0.6) is 0 Å². The van der Waals surface area contributed by atoms with Crippen LogP contribution in [-0.4, -0.2) is 56.3 Å². The van der Waals surface area contributed by atoms with Crippen molar-refractivity contribution >= 4 is 29.3 Å². The zero-order valence-electron chi connectivity index (χ0n) is 22.3. The van der Waals surface area contributed by atoms with Gasteiger partial charge in [-0.25, -0.2) is 24.9 Å². The Balaban J connectivity index is 1.14. The van der Waals surface area contributed by atoms with Crippen LogP contribution >= 0.6 is 0 Å². The molecule has 7 rings (SSSR count). The van der Waals surface area contributed by atoms with E-state index in [4.69, 9.17) is 9.98 Å². The molecule has 4 aliphatic rings. The number of fused-ring (bicyclic) bond motifs is 4. The van der Waals surface area contributed by atoms with Crippen LogP contribution in [0.15, 0.2) is 77.6 Å². The molecule has 1 saturated heterocycles. The Morgan fingerprint density at radius 3 is 2.73 bits per heavy atom. The Kier molecular flexibility index (Phi) is 6.04. The number of nitrogens with zero attached hydrogens (tertiary/aromatic N) is 6. The Bertz CT molecular complexity index is 1590. The van der Waals surface area contributed by atoms with Crippen molar-refractivity contribution in [3.05, 3.63) is 89.7 Å². The van der Waals surface area contributed by atoms with Crippen LogP contribution in [0.4, 0.5) is 21.1 Å². The summed E-state index contributed by atoms with van der Waals surface area (Å²) in [5, 5.41) is 4.78. The summed E-state index contributed by atoms with van der Waals surface area (Å²) < 4.78 is 2.10. The lowest BCUT2D eigenvalue weighted by molar-refractivity contribution is -0.459. The Labute approximate surface area is 232 Å². The van der Waals surface area contributed by atoms with E-state index >= 15 is 0 Å². The molecule has 0 bridgehead atoms. The number of benzene rings is 1. The molecule has 5 heterocycles. The molecular weight excluding hydrogens is 504 g/mol. The number of likely N-dealkylation sites (tertiary alicyclic amines) is 1. The first kappa shape index (κ1) is 24.5. The van der Waals surface area contributed by atoms with Gasteiger partial charge in [0.2, 0.25) is 0 Å². The highest BCUT2D eigenvalue weighted by Gasteiger charge is 2.40. The molecule has 3 N–H and O–H groups in total. The average molecular weight is 536 g/mol. The van der Waals surface area contributed by atoms with Gasteiger partial charge in [0.15, 0.2) is 12.0 Å². The maximum absolute atomic E-state index is 13.6. The van der Waals surface area contributed by atoms with Gasteiger partial charge in [-0.2, -0.15) is 0 Å². The fourth-order valence-corrected chi connectivity index (χ4v) is 6.18. The van der Waals surface area contributed by atoms with Gasteiger partial charge in [-0.15, -0.1) is 0 Å². The van der Waals surface area contributed by atoms with E-state index < -0.39 is 6.17 Å². The number of nitrogens with two attached hydrogens (primary N) is 1. The second-order valence-corrected chi connectivity index (χ2v) is 10.6. The van der Waals surface area contributed by atoms with Crippen LogP contribution in [0.25, 0.3) is 5.69 Å². The summed E-state index contributed by atoms with van der Waals surface area (Å²) in [6.45, 7) is 3.11. The molecule has 3 aliphatic heterocycles. The maximum Gasteiger partial charge on any atom is 0.427 e. The summed E-state index contributed by atoms with van der Waals surface area (Å²) in [6, 6.07) is 11.8. The van der Waals surface area contributed by atoms with E-state index in [0.717, 1.165) is 46.8 Å². The first-order chi connectivity index (χ1) is 19.6. The van der Waals surface area contributed by atoms with Crippen LogP contribution < -0.4 is 15.5 Å². The van der Waals surface area contributed by atoms with Crippen LogP contribution in [0.1, 0.15) is 48.9 Å². The second-order valence-electron chi connectivity index (χ2n) is 10.6. The topological polar surface area (TPSA) is 112 Å². The molecule has 1 fully saturated rings. The minimum absolute atomic E-state index is 0.0306. The number of piperidine rings is 1. The molecule has 3 aromatic rings. The predicted molar refractivity (Wildman–Crippen MR) is 151 cm³/mol. The SMILES string of the molecule is Cc1cnc2n1-c1ccccc1C(C1=CC=CCC1)=N[C@H]2NC(=O)N1CCC(N2C(=O)[NH2+]c3ncccc32)CC1. The van der Waals surface area contributed by atoms with Crippen LogP contribution in [-0.2, 0) is 0 Å². The number of quaternary nitrogens is 1. The molecule has 0 radical (unpaired) electrons. The van der Waals surface area contributed by atoms with Gasteiger partial charge in [0.05, 0.1) is 11.4 Å². The molecule has 1 atom stereocenters. The average Bonchev–Trinajstić information content (AvgIpc) is 3.50. The molecule has 10 nitrogen and oxygen atoms in total. The van der Waals surface area contributed by atoms with E-state index in [9.17, 15) is 9.59 Å². The fraction of sp³-hybridized carbons (Fsp3) is 0.300. The van der Waals surface area contributed by atoms with Gasteiger partial charge in [-0.3, -0.25) is 14.5 Å². The van der Waals surface area contributed by atoms with E-state index in [1.807, 2.05) is 47.2 Å². The second kappa shape index (κ2) is 9.87. The third-order valence-electron chi connectivity index (χ3n) is 8.14. The van der Waals surface area contributed by atoms with Crippen molar-refractivity contribution in [1.29, 1.82) is 0 Å². The largest absolute Gasteiger partial charge is 0.427 e. The first-order valence-electron chi connectivity index (χ1n) is 13.8. The molecule has 1 aromatic carbocycles. The zero-order valence-corrected chi connectivity index (χ0v) is 22.3. The fourth-order valence-electron chi connectivity index (χ4n) is 6.18. The number of carbonyl (C=O) groups is 2. The number of urea groups is 2. The minimum atomic E-state index is -0.638. The number of anilines is 1. The number of nitrogens with one attached hydrogen (secondary N) is 1. The first-order valence-corrected chi connectivity index (χ1v) is 13.8. The van der Waals surface area contributed by atoms with Crippen LogP contribution in [0, 0.1) is 6.92 Å². The molecule has 0 spiro atoms. The number of imidazole rings is 1. The molecule has 40 heavy (non-hydrogen) atoms. The van der Waals surface area contributed by atoms with Crippen molar-refractivity contribution in [3.8, 4) is 5.69 Å². The number of primary amides is 1. The van der Waals surface area contributed by atoms with E-state index in [0.29, 0.717) is 37.6 Å². The molecule has 0 saturated carbocycles. The number of allylic oxidation sites excluding steroid dienone is 4. The van der Waals surface area contributed by atoms with Crippen molar-refractivity contribution in [3.63, 3.8) is 0 Å². The summed E-state index contributed by atoms with van der Waals surface area (Å²) >= 11 is 0. The minimum Gasteiger partial charge on any atom is -0.325 e. The highest BCUT2D eigenvalue weighted by molar-refractivity contribution is 6.15. The summed E-state index contributed by atoms with van der Waals surface area (Å²) in [7, 11) is 0. The molecular formula is C30H31N8O2+. The highest BCUT2D eigenvalue weighted by Crippen LogP contribution is 2.33. The highest BCUT2D eigenvalue weighted by atomic mass is 16.2. The maximum atomic E-state index is 13.6. The zero-order chi connectivity index (χ0) is 27.2. The monoisotopic (exact) mass is 535 g/mol. The van der Waals surface area contributed by atoms with Gasteiger partial charge in [0.25, 0.3) is 5.82 Å². The summed E-state index contributed by atoms with van der Waals surface area (Å²) in [6.07, 6.45) is 12.5. The summed E-state index contributed by atoms with van der Waals surface area (Å²) in [4.78, 5) is 44.2. The Morgan fingerprint density at radius 2 is 1.90 bits per heavy atom. The van der Waals surface area contributed by atoms with Gasteiger partial charge < -0.3 is 10.2 Å². The molecule has 0 unspecified atom stereocenters. The van der Waals surface area contributed by atoms with E-state index in [-0.39, 0.29) is 18.1 Å². The number of hydrogen-bond acceptors (Lipinski definition) is 5. The smallest absolute Gasteiger partial charge is 0.325 e. The quantitative estimate of drug-likeness (QED) is 0.533. The lowest BCUT2D eigenvalue weighted by Gasteiger charge is -2.35. The number of aliphatic imine (C=N–C) groups is 1. The van der Waals surface area contributed by atoms with Crippen LogP contribution in [0.2, 0.25) is 0 Å². The standard InChI is InChI=1S/C30H30N8O2/c1-19-18-32-28-27(33-25(20-8-3-2-4-9-20)22-10-5-6-11-23(22)37(19)28)35-29(39)36-16-13-21(14-17-36)38-24-12-7-15-31-26(24)34-30(38)40/h2-3,5-8,10-12,15,18,21,27H,4,9,13-14,16-17H2,1H3,(H,35,39)(H,31,34,40)/p+1/t27-/m0/s1. The number of carbonyl (C=O) groups excluding carboxylic acids is 2. The Morgan fingerprint density at radius 1 is 1.07 bits per heavy atom. The summed E-state index contributed by atoms with van der Waals surface area (Å²) in [5.41, 5.74) is 5.93. The molecule has 1 aliphatic carbocycles. The third kappa shape index (κ3) is 4.12. The van der Waals surface area contributed by atoms with Crippen molar-refractivity contribution in [1.82, 2.24) is 24.8 Å². The lowest BCUT2D eigenvalue weighted by Crippen LogP contribution is -2.83. The molecule has 4 amide bonds. The van der Waals surface area contributed by atoms with Crippen molar-refractivity contribution in [2.75, 3.05) is 18.0 Å².